The van der Waals surface area contributed by atoms with Crippen LogP contribution in [0.15, 0.2) is 29.8 Å². The average Bonchev–Trinajstić information content (AvgIpc) is 3.27. The van der Waals surface area contributed by atoms with Crippen molar-refractivity contribution in [2.45, 2.75) is 39.5 Å². The van der Waals surface area contributed by atoms with Crippen molar-refractivity contribution in [3.05, 3.63) is 72.8 Å². The highest BCUT2D eigenvalue weighted by Crippen LogP contribution is 2.38. The molecule has 2 heterocycles. The molecule has 0 bridgehead atoms. The van der Waals surface area contributed by atoms with E-state index in [9.17, 15) is 15.3 Å². The molecule has 1 amide bonds. The first-order chi connectivity index (χ1) is 15.8. The number of thiophene rings is 1. The second-order valence-corrected chi connectivity index (χ2v) is 9.86. The zero-order valence-electron chi connectivity index (χ0n) is 18.1. The number of nitrogens with one attached hydrogen (secondary N) is 1. The van der Waals surface area contributed by atoms with Crippen LogP contribution in [0.5, 0.6) is 0 Å². The van der Waals surface area contributed by atoms with Crippen molar-refractivity contribution in [3.8, 4) is 17.8 Å². The minimum atomic E-state index is -0.526. The maximum atomic E-state index is 12.9. The molecule has 0 unspecified atom stereocenters. The second-order valence-electron chi connectivity index (χ2n) is 7.91. The van der Waals surface area contributed by atoms with Gasteiger partial charge in [-0.1, -0.05) is 23.2 Å². The summed E-state index contributed by atoms with van der Waals surface area (Å²) in [5.41, 5.74) is 4.76. The van der Waals surface area contributed by atoms with Gasteiger partial charge in [-0.05, 0) is 81.0 Å². The molecule has 8 heteroatoms. The lowest BCUT2D eigenvalue weighted by molar-refractivity contribution is -0.112. The van der Waals surface area contributed by atoms with Crippen LogP contribution in [-0.4, -0.2) is 10.5 Å². The molecule has 1 aromatic carbocycles. The summed E-state index contributed by atoms with van der Waals surface area (Å²) in [6.07, 6.45) is 5.47. The molecule has 0 aliphatic heterocycles. The number of nitriles is 2. The third-order valence-corrected chi connectivity index (χ3v) is 7.54. The molecule has 0 radical (unpaired) electrons. The van der Waals surface area contributed by atoms with Crippen molar-refractivity contribution >= 4 is 51.5 Å². The molecule has 166 valence electrons. The van der Waals surface area contributed by atoms with E-state index in [2.05, 4.69) is 11.4 Å². The summed E-state index contributed by atoms with van der Waals surface area (Å²) < 4.78 is 1.96. The van der Waals surface area contributed by atoms with Gasteiger partial charge < -0.3 is 9.88 Å². The van der Waals surface area contributed by atoms with Gasteiger partial charge >= 0.3 is 0 Å². The van der Waals surface area contributed by atoms with Gasteiger partial charge in [0.25, 0.3) is 5.91 Å². The summed E-state index contributed by atoms with van der Waals surface area (Å²) in [5.74, 6) is -0.526. The molecule has 1 aliphatic carbocycles. The number of benzene rings is 1. The summed E-state index contributed by atoms with van der Waals surface area (Å²) in [6, 6.07) is 11.4. The van der Waals surface area contributed by atoms with Crippen LogP contribution in [0.25, 0.3) is 11.8 Å². The number of hydrogen-bond acceptors (Lipinski definition) is 4. The number of nitrogens with zero attached hydrogens (tertiary/aromatic N) is 3. The molecule has 2 aromatic heterocycles. The molecule has 5 nitrogen and oxygen atoms in total. The molecule has 1 aliphatic rings. The Kier molecular flexibility index (Phi) is 6.63. The Morgan fingerprint density at radius 2 is 1.94 bits per heavy atom. The third kappa shape index (κ3) is 4.43. The van der Waals surface area contributed by atoms with E-state index in [-0.39, 0.29) is 5.57 Å². The van der Waals surface area contributed by atoms with Crippen molar-refractivity contribution in [2.24, 2.45) is 0 Å². The van der Waals surface area contributed by atoms with Gasteiger partial charge in [-0.15, -0.1) is 11.3 Å². The van der Waals surface area contributed by atoms with E-state index in [1.165, 1.54) is 11.3 Å². The van der Waals surface area contributed by atoms with Crippen LogP contribution in [0.4, 0.5) is 5.00 Å². The maximum absolute atomic E-state index is 12.9. The third-order valence-electron chi connectivity index (χ3n) is 5.80. The number of aromatic nitrogens is 1. The number of amides is 1. The van der Waals surface area contributed by atoms with Gasteiger partial charge in [-0.2, -0.15) is 10.5 Å². The Labute approximate surface area is 206 Å². The van der Waals surface area contributed by atoms with Crippen LogP contribution in [-0.2, 0) is 17.6 Å². The highest BCUT2D eigenvalue weighted by molar-refractivity contribution is 7.16. The van der Waals surface area contributed by atoms with Crippen LogP contribution in [0.1, 0.15) is 45.8 Å². The number of carbonyl (C=O) groups is 1. The lowest BCUT2D eigenvalue weighted by Crippen LogP contribution is -2.13. The highest BCUT2D eigenvalue weighted by atomic mass is 35.5. The molecule has 4 rings (SSSR count). The van der Waals surface area contributed by atoms with Gasteiger partial charge in [-0.25, -0.2) is 0 Å². The summed E-state index contributed by atoms with van der Waals surface area (Å²) in [5, 5.41) is 23.7. The lowest BCUT2D eigenvalue weighted by Gasteiger charge is -2.12. The number of carbonyl (C=O) groups excluding carboxylic acids is 1. The van der Waals surface area contributed by atoms with E-state index in [1.807, 2.05) is 36.6 Å². The predicted octanol–water partition coefficient (Wildman–Crippen LogP) is 6.76. The molecule has 33 heavy (non-hydrogen) atoms. The Morgan fingerprint density at radius 3 is 2.64 bits per heavy atom. The normalized spacial score (nSPS) is 13.2. The van der Waals surface area contributed by atoms with Gasteiger partial charge in [0.1, 0.15) is 22.7 Å². The zero-order valence-corrected chi connectivity index (χ0v) is 20.5. The number of aryl methyl sites for hydroxylation is 2. The zero-order chi connectivity index (χ0) is 23.7. The SMILES string of the molecule is Cc1cc(C=C(C#N)C(=O)Nc2sc3c(c2C#N)CCCC3)c(C)n1-c1ccc(Cl)cc1Cl. The van der Waals surface area contributed by atoms with E-state index < -0.39 is 5.91 Å². The van der Waals surface area contributed by atoms with Crippen LogP contribution in [0, 0.1) is 36.5 Å². The standard InChI is InChI=1S/C25H20Cl2N4OS/c1-14-9-16(15(2)31(14)22-8-7-18(26)11-21(22)27)10-17(12-28)24(32)30-25-20(13-29)19-5-3-4-6-23(19)33-25/h7-11H,3-6H2,1-2H3,(H,30,32). The number of rotatable bonds is 4. The molecule has 3 aromatic rings. The van der Waals surface area contributed by atoms with Crippen LogP contribution in [0.3, 0.4) is 0 Å². The minimum absolute atomic E-state index is 0.0345. The topological polar surface area (TPSA) is 81.6 Å². The first-order valence-corrected chi connectivity index (χ1v) is 12.0. The first-order valence-electron chi connectivity index (χ1n) is 10.5. The number of fused-ring (bicyclic) bond motifs is 1. The number of hydrogen-bond donors (Lipinski definition) is 1. The Morgan fingerprint density at radius 1 is 1.18 bits per heavy atom. The summed E-state index contributed by atoms with van der Waals surface area (Å²) in [7, 11) is 0. The summed E-state index contributed by atoms with van der Waals surface area (Å²) in [6.45, 7) is 3.83. The molecule has 0 saturated heterocycles. The van der Waals surface area contributed by atoms with Gasteiger partial charge in [0.2, 0.25) is 0 Å². The molecular formula is C25H20Cl2N4OS. The van der Waals surface area contributed by atoms with Gasteiger partial charge in [-0.3, -0.25) is 4.79 Å². The van der Waals surface area contributed by atoms with Crippen molar-refractivity contribution in [1.82, 2.24) is 4.57 Å². The molecule has 0 fully saturated rings. The second kappa shape index (κ2) is 9.45. The van der Waals surface area contributed by atoms with Crippen LogP contribution >= 0.6 is 34.5 Å². The van der Waals surface area contributed by atoms with Crippen molar-refractivity contribution in [3.63, 3.8) is 0 Å². The largest absolute Gasteiger partial charge is 0.316 e. The fourth-order valence-electron chi connectivity index (χ4n) is 4.21. The van der Waals surface area contributed by atoms with Crippen molar-refractivity contribution < 1.29 is 4.79 Å². The van der Waals surface area contributed by atoms with Crippen LogP contribution in [0.2, 0.25) is 10.0 Å². The maximum Gasteiger partial charge on any atom is 0.266 e. The molecular weight excluding hydrogens is 475 g/mol. The molecule has 0 atom stereocenters. The quantitative estimate of drug-likeness (QED) is 0.321. The van der Waals surface area contributed by atoms with E-state index in [0.717, 1.165) is 58.8 Å². The van der Waals surface area contributed by atoms with Crippen molar-refractivity contribution in [1.29, 1.82) is 10.5 Å². The Balaban J connectivity index is 1.67. The Bertz CT molecular complexity index is 1380. The lowest BCUT2D eigenvalue weighted by atomic mass is 9.96. The van der Waals surface area contributed by atoms with E-state index in [4.69, 9.17) is 23.2 Å². The van der Waals surface area contributed by atoms with Crippen molar-refractivity contribution in [2.75, 3.05) is 5.32 Å². The number of anilines is 1. The summed E-state index contributed by atoms with van der Waals surface area (Å²) >= 11 is 13.9. The highest BCUT2D eigenvalue weighted by Gasteiger charge is 2.23. The van der Waals surface area contributed by atoms with E-state index in [1.54, 1.807) is 18.2 Å². The fraction of sp³-hybridized carbons (Fsp3) is 0.240. The Hall–Kier alpha value is -3.03. The van der Waals surface area contributed by atoms with Gasteiger partial charge in [0.05, 0.1) is 16.3 Å². The first kappa shape index (κ1) is 23.1. The molecule has 1 N–H and O–H groups in total. The predicted molar refractivity (Wildman–Crippen MR) is 133 cm³/mol. The average molecular weight is 495 g/mol. The minimum Gasteiger partial charge on any atom is -0.316 e. The number of halogens is 2. The van der Waals surface area contributed by atoms with E-state index >= 15 is 0 Å². The molecule has 0 spiro atoms. The van der Waals surface area contributed by atoms with Gasteiger partial charge in [0.15, 0.2) is 0 Å². The summed E-state index contributed by atoms with van der Waals surface area (Å²) in [4.78, 5) is 14.1. The van der Waals surface area contributed by atoms with E-state index in [0.29, 0.717) is 20.6 Å². The van der Waals surface area contributed by atoms with Gasteiger partial charge in [0, 0.05) is 21.3 Å². The molecule has 0 saturated carbocycles. The monoisotopic (exact) mass is 494 g/mol. The smallest absolute Gasteiger partial charge is 0.266 e. The fourth-order valence-corrected chi connectivity index (χ4v) is 5.94. The van der Waals surface area contributed by atoms with Crippen LogP contribution < -0.4 is 5.32 Å².